The maximum Gasteiger partial charge on any atom is 0.536 e. The van der Waals surface area contributed by atoms with Gasteiger partial charge in [0.2, 0.25) is 0 Å². The van der Waals surface area contributed by atoms with Gasteiger partial charge in [-0.3, -0.25) is 0 Å². The summed E-state index contributed by atoms with van der Waals surface area (Å²) in [6.45, 7) is 6.35. The molecule has 0 unspecified atom stereocenters. The van der Waals surface area contributed by atoms with E-state index in [9.17, 15) is 0 Å². The van der Waals surface area contributed by atoms with E-state index >= 15 is 0 Å². The van der Waals surface area contributed by atoms with E-state index in [1.165, 1.54) is 16.7 Å². The van der Waals surface area contributed by atoms with E-state index in [-0.39, 0.29) is 0 Å². The monoisotopic (exact) mass is 650 g/mol. The molecule has 0 amide bonds. The lowest BCUT2D eigenvalue weighted by Crippen LogP contribution is -2.54. The van der Waals surface area contributed by atoms with Gasteiger partial charge < -0.3 is 23.1 Å². The highest BCUT2D eigenvalue weighted by molar-refractivity contribution is 6.75. The highest BCUT2D eigenvalue weighted by atomic mass is 28.4. The third-order valence-corrected chi connectivity index (χ3v) is 11.4. The van der Waals surface area contributed by atoms with Crippen molar-refractivity contribution in [2.75, 3.05) is 31.1 Å². The Morgan fingerprint density at radius 3 is 1.00 bits per heavy atom. The van der Waals surface area contributed by atoms with Crippen molar-refractivity contribution >= 4 is 48.1 Å². The summed E-state index contributed by atoms with van der Waals surface area (Å²) in [7, 11) is 1.93. The number of hydrogen-bond acceptors (Lipinski definition) is 5. The number of hydrogen-bond donors (Lipinski definition) is 0. The Balaban J connectivity index is 1.42. The average Bonchev–Trinajstić information content (AvgIpc) is 3.13. The molecular weight excluding hydrogens is 609 g/mol. The van der Waals surface area contributed by atoms with Gasteiger partial charge in [-0.05, 0) is 105 Å². The summed E-state index contributed by atoms with van der Waals surface area (Å²) >= 11 is 0. The van der Waals surface area contributed by atoms with E-state index in [0.717, 1.165) is 50.4 Å². The molecular formula is C42H42N2O3Si. The molecule has 0 saturated carbocycles. The number of nitrogens with zero attached hydrogens (tertiary/aromatic N) is 2. The van der Waals surface area contributed by atoms with Crippen molar-refractivity contribution in [1.82, 2.24) is 0 Å². The van der Waals surface area contributed by atoms with Crippen molar-refractivity contribution in [2.45, 2.75) is 20.8 Å². The Kier molecular flexibility index (Phi) is 9.89. The fourth-order valence-electron chi connectivity index (χ4n) is 6.04. The Labute approximate surface area is 286 Å². The zero-order valence-corrected chi connectivity index (χ0v) is 29.5. The molecule has 0 radical (unpaired) electrons. The second-order valence-corrected chi connectivity index (χ2v) is 14.9. The van der Waals surface area contributed by atoms with E-state index in [1.807, 2.05) is 12.1 Å². The van der Waals surface area contributed by atoms with Crippen molar-refractivity contribution in [2.24, 2.45) is 0 Å². The topological polar surface area (TPSA) is 34.2 Å². The second kappa shape index (κ2) is 14.4. The van der Waals surface area contributed by atoms with Gasteiger partial charge in [0.1, 0.15) is 0 Å². The minimum absolute atomic E-state index is 0.903. The molecule has 0 aromatic heterocycles. The maximum atomic E-state index is 5.74. The van der Waals surface area contributed by atoms with Gasteiger partial charge in [0.05, 0.1) is 0 Å². The Hall–Kier alpha value is -4.98. The maximum absolute atomic E-state index is 5.74. The minimum atomic E-state index is -2.96. The number of anilines is 6. The first-order chi connectivity index (χ1) is 23.3. The molecule has 0 N–H and O–H groups in total. The van der Waals surface area contributed by atoms with Crippen LogP contribution >= 0.6 is 0 Å². The minimum Gasteiger partial charge on any atom is -0.373 e. The van der Waals surface area contributed by atoms with Gasteiger partial charge in [-0.2, -0.15) is 0 Å². The predicted octanol–water partition coefficient (Wildman–Crippen LogP) is 10.3. The van der Waals surface area contributed by atoms with E-state index in [1.54, 1.807) is 21.3 Å². The Morgan fingerprint density at radius 1 is 0.375 bits per heavy atom. The van der Waals surface area contributed by atoms with E-state index in [0.29, 0.717) is 0 Å². The highest BCUT2D eigenvalue weighted by Crippen LogP contribution is 2.39. The molecule has 6 aromatic rings. The van der Waals surface area contributed by atoms with Crippen LogP contribution in [0.2, 0.25) is 0 Å². The first-order valence-electron chi connectivity index (χ1n) is 16.1. The molecule has 242 valence electrons. The first-order valence-corrected chi connectivity index (χ1v) is 17.8. The number of benzene rings is 6. The van der Waals surface area contributed by atoms with Gasteiger partial charge in [-0.15, -0.1) is 0 Å². The third-order valence-electron chi connectivity index (χ3n) is 8.70. The molecule has 6 aromatic carbocycles. The van der Waals surface area contributed by atoms with Crippen LogP contribution in [0.5, 0.6) is 0 Å². The van der Waals surface area contributed by atoms with Crippen LogP contribution in [-0.4, -0.2) is 30.1 Å². The quantitative estimate of drug-likeness (QED) is 0.130. The first kappa shape index (κ1) is 32.9. The molecule has 0 spiro atoms. The molecule has 0 atom stereocenters. The van der Waals surface area contributed by atoms with Crippen molar-refractivity contribution in [1.29, 1.82) is 0 Å². The van der Waals surface area contributed by atoms with Crippen LogP contribution in [0.3, 0.4) is 0 Å². The highest BCUT2D eigenvalue weighted by Gasteiger charge is 2.40. The summed E-state index contributed by atoms with van der Waals surface area (Å²) < 4.78 is 17.2. The summed E-state index contributed by atoms with van der Waals surface area (Å²) in [6.07, 6.45) is 0. The van der Waals surface area contributed by atoms with Gasteiger partial charge in [-0.1, -0.05) is 89.5 Å². The summed E-state index contributed by atoms with van der Waals surface area (Å²) in [4.78, 5) is 4.59. The molecule has 5 nitrogen and oxygen atoms in total. The van der Waals surface area contributed by atoms with Crippen LogP contribution in [0.25, 0.3) is 11.1 Å². The summed E-state index contributed by atoms with van der Waals surface area (Å²) in [5, 5.41) is 0.903. The summed E-state index contributed by atoms with van der Waals surface area (Å²) in [5.74, 6) is 0. The molecule has 0 aliphatic heterocycles. The summed E-state index contributed by atoms with van der Waals surface area (Å²) in [5.41, 5.74) is 12.4. The number of rotatable bonds is 11. The molecule has 0 aliphatic rings. The molecule has 0 heterocycles. The second-order valence-electron chi connectivity index (χ2n) is 12.0. The van der Waals surface area contributed by atoms with E-state index in [4.69, 9.17) is 13.3 Å². The van der Waals surface area contributed by atoms with Crippen LogP contribution in [0.4, 0.5) is 34.1 Å². The van der Waals surface area contributed by atoms with Gasteiger partial charge in [0, 0.05) is 60.6 Å². The predicted molar refractivity (Wildman–Crippen MR) is 202 cm³/mol. The normalized spacial score (nSPS) is 11.4. The molecule has 0 bridgehead atoms. The van der Waals surface area contributed by atoms with Crippen LogP contribution in [0.1, 0.15) is 16.7 Å². The molecule has 0 aliphatic carbocycles. The Morgan fingerprint density at radius 2 is 0.688 bits per heavy atom. The average molecular weight is 651 g/mol. The lowest BCUT2D eigenvalue weighted by molar-refractivity contribution is 0.140. The van der Waals surface area contributed by atoms with Crippen molar-refractivity contribution < 1.29 is 13.3 Å². The van der Waals surface area contributed by atoms with Gasteiger partial charge in [0.25, 0.3) is 0 Å². The smallest absolute Gasteiger partial charge is 0.373 e. The van der Waals surface area contributed by atoms with Crippen LogP contribution in [0, 0.1) is 20.8 Å². The zero-order valence-electron chi connectivity index (χ0n) is 28.5. The molecule has 0 saturated heterocycles. The fourth-order valence-corrected chi connectivity index (χ4v) is 7.83. The molecule has 6 rings (SSSR count). The largest absolute Gasteiger partial charge is 0.536 e. The number of aryl methyl sites for hydroxylation is 3. The molecule has 48 heavy (non-hydrogen) atoms. The van der Waals surface area contributed by atoms with Crippen molar-refractivity contribution in [3.8, 4) is 11.1 Å². The van der Waals surface area contributed by atoms with Crippen molar-refractivity contribution in [3.05, 3.63) is 162 Å². The lowest BCUT2D eigenvalue weighted by atomic mass is 10.0. The van der Waals surface area contributed by atoms with Gasteiger partial charge in [-0.25, -0.2) is 0 Å². The van der Waals surface area contributed by atoms with E-state index < -0.39 is 8.80 Å². The standard InChI is InChI=1S/C42H42N2O3Si/c1-31-13-19-36(20-14-31)43(37-21-15-32(2)16-22-37)40-11-7-9-34(29-40)35-10-8-12-41(30-35)44(38-23-17-33(3)18-24-38)39-25-27-42(28-26-39)48(45-4,46-5)47-6/h7-30H,1-6H3. The SMILES string of the molecule is CO[Si](OC)(OC)c1ccc(N(c2ccc(C)cc2)c2cccc(-c3cccc(N(c4ccc(C)cc4)c4ccc(C)cc4)c3)c2)cc1. The third kappa shape index (κ3) is 6.84. The van der Waals surface area contributed by atoms with Crippen LogP contribution < -0.4 is 15.0 Å². The van der Waals surface area contributed by atoms with Crippen LogP contribution in [0.15, 0.2) is 146 Å². The van der Waals surface area contributed by atoms with Gasteiger partial charge >= 0.3 is 8.80 Å². The summed E-state index contributed by atoms with van der Waals surface area (Å²) in [6, 6.07) is 51.8. The van der Waals surface area contributed by atoms with Crippen LogP contribution in [-0.2, 0) is 13.3 Å². The lowest BCUT2D eigenvalue weighted by Gasteiger charge is -2.28. The van der Waals surface area contributed by atoms with Gasteiger partial charge in [0.15, 0.2) is 0 Å². The Bertz CT molecular complexity index is 1900. The zero-order chi connectivity index (χ0) is 33.7. The molecule has 0 fully saturated rings. The fraction of sp³-hybridized carbons (Fsp3) is 0.143. The van der Waals surface area contributed by atoms with E-state index in [2.05, 4.69) is 164 Å². The van der Waals surface area contributed by atoms with Crippen molar-refractivity contribution in [3.63, 3.8) is 0 Å². The molecule has 6 heteroatoms.